The molecule has 0 bridgehead atoms. The molecule has 126 valence electrons. The van der Waals surface area contributed by atoms with E-state index in [1.54, 1.807) is 6.92 Å². The van der Waals surface area contributed by atoms with Crippen LogP contribution in [-0.2, 0) is 4.79 Å². The molecule has 0 radical (unpaired) electrons. The molecule has 1 aromatic rings. The standard InChI is InChI=1S/C12H13Cl3N4O3S/c1-6-5-8(19(21)22)3-4-9(6)17-11(23)18-10(12(13,14)15)16-7(2)20/h3-5,10H,1-2H3,(H,16,20)(H2,17,18,23). The van der Waals surface area contributed by atoms with Crippen molar-refractivity contribution in [3.63, 3.8) is 0 Å². The van der Waals surface area contributed by atoms with Crippen LogP contribution in [0.25, 0.3) is 0 Å². The Balaban J connectivity index is 2.82. The zero-order valence-electron chi connectivity index (χ0n) is 12.0. The second-order valence-electron chi connectivity index (χ2n) is 4.53. The monoisotopic (exact) mass is 398 g/mol. The number of hydrogen-bond donors (Lipinski definition) is 3. The van der Waals surface area contributed by atoms with Gasteiger partial charge in [0.1, 0.15) is 6.17 Å². The maximum absolute atomic E-state index is 11.1. The van der Waals surface area contributed by atoms with Gasteiger partial charge in [0, 0.05) is 24.7 Å². The number of alkyl halides is 3. The lowest BCUT2D eigenvalue weighted by Gasteiger charge is -2.27. The van der Waals surface area contributed by atoms with E-state index in [-0.39, 0.29) is 10.8 Å². The summed E-state index contributed by atoms with van der Waals surface area (Å²) in [4.78, 5) is 21.4. The minimum Gasteiger partial charge on any atom is -0.339 e. The number of non-ortho nitro benzene ring substituents is 1. The average Bonchev–Trinajstić information content (AvgIpc) is 2.38. The number of halogens is 3. The molecule has 0 saturated heterocycles. The van der Waals surface area contributed by atoms with Crippen LogP contribution in [0.3, 0.4) is 0 Å². The van der Waals surface area contributed by atoms with E-state index in [0.29, 0.717) is 11.3 Å². The summed E-state index contributed by atoms with van der Waals surface area (Å²) in [6.07, 6.45) is -1.05. The number of nitrogens with one attached hydrogen (secondary N) is 3. The molecule has 1 unspecified atom stereocenters. The van der Waals surface area contributed by atoms with Gasteiger partial charge >= 0.3 is 0 Å². The molecule has 1 amide bonds. The van der Waals surface area contributed by atoms with E-state index in [9.17, 15) is 14.9 Å². The summed E-state index contributed by atoms with van der Waals surface area (Å²) in [5.41, 5.74) is 1.11. The van der Waals surface area contributed by atoms with E-state index < -0.39 is 20.8 Å². The maximum Gasteiger partial charge on any atom is 0.269 e. The van der Waals surface area contributed by atoms with Gasteiger partial charge in [0.05, 0.1) is 4.92 Å². The summed E-state index contributed by atoms with van der Waals surface area (Å²) < 4.78 is -1.83. The Morgan fingerprint density at radius 1 is 1.35 bits per heavy atom. The molecule has 0 aromatic heterocycles. The third kappa shape index (κ3) is 6.34. The smallest absolute Gasteiger partial charge is 0.269 e. The third-order valence-corrected chi connectivity index (χ3v) is 3.49. The number of anilines is 1. The number of nitro benzene ring substituents is 1. The summed E-state index contributed by atoms with van der Waals surface area (Å²) in [7, 11) is 0. The molecule has 0 aliphatic rings. The number of carbonyl (C=O) groups is 1. The minimum absolute atomic E-state index is 0.0376. The number of rotatable bonds is 4. The second kappa shape index (κ2) is 7.96. The van der Waals surface area contributed by atoms with Crippen LogP contribution in [0.4, 0.5) is 11.4 Å². The summed E-state index contributed by atoms with van der Waals surface area (Å²) in [5.74, 6) is -0.414. The van der Waals surface area contributed by atoms with Gasteiger partial charge in [0.2, 0.25) is 9.70 Å². The Kier molecular flexibility index (Phi) is 6.82. The number of nitro groups is 1. The van der Waals surface area contributed by atoms with E-state index in [1.165, 1.54) is 25.1 Å². The van der Waals surface area contributed by atoms with Crippen LogP contribution in [0.2, 0.25) is 0 Å². The number of aryl methyl sites for hydroxylation is 1. The molecule has 1 atom stereocenters. The van der Waals surface area contributed by atoms with Crippen molar-refractivity contribution in [2.75, 3.05) is 5.32 Å². The zero-order chi connectivity index (χ0) is 17.8. The number of hydrogen-bond acceptors (Lipinski definition) is 4. The quantitative estimate of drug-likeness (QED) is 0.237. The Morgan fingerprint density at radius 3 is 2.39 bits per heavy atom. The Hall–Kier alpha value is -1.35. The first-order valence-corrected chi connectivity index (χ1v) is 7.71. The molecular formula is C12H13Cl3N4O3S. The SMILES string of the molecule is CC(=O)NC(NC(=S)Nc1ccc([N+](=O)[O-])cc1C)C(Cl)(Cl)Cl. The third-order valence-electron chi connectivity index (χ3n) is 2.62. The largest absolute Gasteiger partial charge is 0.339 e. The van der Waals surface area contributed by atoms with Crippen molar-refractivity contribution in [2.45, 2.75) is 23.8 Å². The van der Waals surface area contributed by atoms with E-state index in [4.69, 9.17) is 47.0 Å². The highest BCUT2D eigenvalue weighted by molar-refractivity contribution is 7.80. The Morgan fingerprint density at radius 2 is 1.96 bits per heavy atom. The van der Waals surface area contributed by atoms with E-state index in [1.807, 2.05) is 0 Å². The van der Waals surface area contributed by atoms with Crippen molar-refractivity contribution in [1.82, 2.24) is 10.6 Å². The molecule has 0 aliphatic carbocycles. The average molecular weight is 400 g/mol. The van der Waals surface area contributed by atoms with E-state index >= 15 is 0 Å². The Bertz CT molecular complexity index is 636. The number of amides is 1. The van der Waals surface area contributed by atoms with Crippen LogP contribution in [0.5, 0.6) is 0 Å². The van der Waals surface area contributed by atoms with Crippen LogP contribution in [0, 0.1) is 17.0 Å². The molecule has 7 nitrogen and oxygen atoms in total. The van der Waals surface area contributed by atoms with Crippen LogP contribution in [0.15, 0.2) is 18.2 Å². The molecule has 0 fully saturated rings. The van der Waals surface area contributed by atoms with Crippen molar-refractivity contribution in [2.24, 2.45) is 0 Å². The summed E-state index contributed by atoms with van der Waals surface area (Å²) in [5, 5.41) is 18.7. The minimum atomic E-state index is -1.83. The molecule has 3 N–H and O–H groups in total. The highest BCUT2D eigenvalue weighted by Crippen LogP contribution is 2.29. The molecule has 0 spiro atoms. The topological polar surface area (TPSA) is 96.3 Å². The highest BCUT2D eigenvalue weighted by atomic mass is 35.6. The lowest BCUT2D eigenvalue weighted by atomic mass is 10.2. The van der Waals surface area contributed by atoms with Gasteiger partial charge in [-0.3, -0.25) is 14.9 Å². The van der Waals surface area contributed by atoms with Gasteiger partial charge in [-0.2, -0.15) is 0 Å². The Labute approximate surface area is 152 Å². The first kappa shape index (κ1) is 19.7. The van der Waals surface area contributed by atoms with Gasteiger partial charge in [-0.25, -0.2) is 0 Å². The lowest BCUT2D eigenvalue weighted by molar-refractivity contribution is -0.384. The predicted molar refractivity (Wildman–Crippen MR) is 95.1 cm³/mol. The van der Waals surface area contributed by atoms with Gasteiger partial charge in [-0.1, -0.05) is 34.8 Å². The molecule has 1 aromatic carbocycles. The summed E-state index contributed by atoms with van der Waals surface area (Å²) in [6, 6.07) is 4.23. The molecule has 0 saturated carbocycles. The fourth-order valence-electron chi connectivity index (χ4n) is 1.59. The number of nitrogens with zero attached hydrogens (tertiary/aromatic N) is 1. The lowest BCUT2D eigenvalue weighted by Crippen LogP contribution is -2.55. The predicted octanol–water partition coefficient (Wildman–Crippen LogP) is 3.02. The zero-order valence-corrected chi connectivity index (χ0v) is 15.1. The van der Waals surface area contributed by atoms with Gasteiger partial charge in [-0.15, -0.1) is 0 Å². The highest BCUT2D eigenvalue weighted by Gasteiger charge is 2.34. The molecular weight excluding hydrogens is 387 g/mol. The van der Waals surface area contributed by atoms with Crippen molar-refractivity contribution >= 4 is 69.4 Å². The summed E-state index contributed by atoms with van der Waals surface area (Å²) in [6.45, 7) is 2.94. The van der Waals surface area contributed by atoms with Gasteiger partial charge < -0.3 is 16.0 Å². The van der Waals surface area contributed by atoms with Crippen LogP contribution in [-0.4, -0.2) is 25.9 Å². The normalized spacial score (nSPS) is 12.2. The van der Waals surface area contributed by atoms with Crippen LogP contribution >= 0.6 is 47.0 Å². The first-order chi connectivity index (χ1) is 10.5. The fraction of sp³-hybridized carbons (Fsp3) is 0.333. The second-order valence-corrected chi connectivity index (χ2v) is 7.31. The summed E-state index contributed by atoms with van der Waals surface area (Å²) >= 11 is 22.4. The van der Waals surface area contributed by atoms with Crippen molar-refractivity contribution in [1.29, 1.82) is 0 Å². The van der Waals surface area contributed by atoms with E-state index in [0.717, 1.165) is 0 Å². The van der Waals surface area contributed by atoms with Crippen molar-refractivity contribution < 1.29 is 9.72 Å². The maximum atomic E-state index is 11.1. The van der Waals surface area contributed by atoms with Crippen LogP contribution < -0.4 is 16.0 Å². The van der Waals surface area contributed by atoms with Crippen molar-refractivity contribution in [3.05, 3.63) is 33.9 Å². The number of thiocarbonyl (C=S) groups is 1. The fourth-order valence-corrected chi connectivity index (χ4v) is 2.15. The molecule has 23 heavy (non-hydrogen) atoms. The molecule has 0 heterocycles. The first-order valence-electron chi connectivity index (χ1n) is 6.17. The van der Waals surface area contributed by atoms with Gasteiger partial charge in [0.15, 0.2) is 5.11 Å². The van der Waals surface area contributed by atoms with E-state index in [2.05, 4.69) is 16.0 Å². The van der Waals surface area contributed by atoms with Crippen molar-refractivity contribution in [3.8, 4) is 0 Å². The molecule has 11 heteroatoms. The molecule has 0 aliphatic heterocycles. The molecule has 1 rings (SSSR count). The van der Waals surface area contributed by atoms with Gasteiger partial charge in [0.25, 0.3) is 5.69 Å². The van der Waals surface area contributed by atoms with Crippen LogP contribution in [0.1, 0.15) is 12.5 Å². The number of benzene rings is 1. The van der Waals surface area contributed by atoms with Gasteiger partial charge in [-0.05, 0) is 30.8 Å². The number of carbonyl (C=O) groups excluding carboxylic acids is 1.